The minimum Gasteiger partial charge on any atom is -0.357 e. The second kappa shape index (κ2) is 11.3. The van der Waals surface area contributed by atoms with E-state index in [9.17, 15) is 9.59 Å². The molecular weight excluding hydrogens is 528 g/mol. The molecule has 1 heterocycles. The zero-order valence-corrected chi connectivity index (χ0v) is 21.4. The quantitative estimate of drug-likeness (QED) is 0.320. The number of carbonyl (C=O) groups is 2. The third-order valence-electron chi connectivity index (χ3n) is 5.56. The van der Waals surface area contributed by atoms with Crippen molar-refractivity contribution in [1.29, 1.82) is 0 Å². The van der Waals surface area contributed by atoms with Gasteiger partial charge < -0.3 is 10.6 Å². The number of carbonyl (C=O) groups excluding carboxylic acids is 2. The highest BCUT2D eigenvalue weighted by atomic mass is 79.9. The first-order valence-corrected chi connectivity index (χ1v) is 12.3. The van der Waals surface area contributed by atoms with Gasteiger partial charge in [0.15, 0.2) is 0 Å². The summed E-state index contributed by atoms with van der Waals surface area (Å²) < 4.78 is 2.53. The van der Waals surface area contributed by atoms with Crippen LogP contribution in [0.4, 0.5) is 0 Å². The number of likely N-dealkylation sites (N-methyl/N-ethyl adjacent to an activating group) is 1. The van der Waals surface area contributed by atoms with E-state index in [1.807, 2.05) is 72.8 Å². The molecule has 0 fully saturated rings. The van der Waals surface area contributed by atoms with Gasteiger partial charge in [-0.25, -0.2) is 0 Å². The van der Waals surface area contributed by atoms with Gasteiger partial charge in [0.05, 0.1) is 12.2 Å². The standard InChI is InChI=1S/C27H24BrClN4O2/c1-30-26(34)24(15-18-8-7-12-21(28)14-18)31-27(35)25-16-23(19-9-3-2-4-10-19)32-33(25)17-20-11-5-6-13-22(20)29/h2-14,16,24H,15,17H2,1H3,(H,30,34)(H,31,35). The SMILES string of the molecule is CNC(=O)C(Cc1cccc(Br)c1)NC(=O)c1cc(-c2ccccc2)nn1Cc1ccccc1Cl. The second-order valence-electron chi connectivity index (χ2n) is 8.00. The van der Waals surface area contributed by atoms with Crippen LogP contribution in [0.15, 0.2) is 89.4 Å². The molecular formula is C27H24BrClN4O2. The van der Waals surface area contributed by atoms with Gasteiger partial charge in [-0.05, 0) is 35.4 Å². The van der Waals surface area contributed by atoms with E-state index in [0.29, 0.717) is 29.4 Å². The zero-order valence-electron chi connectivity index (χ0n) is 19.0. The van der Waals surface area contributed by atoms with Crippen LogP contribution in [0.1, 0.15) is 21.6 Å². The average Bonchev–Trinajstić information content (AvgIpc) is 3.29. The van der Waals surface area contributed by atoms with Crippen LogP contribution in [0.2, 0.25) is 5.02 Å². The van der Waals surface area contributed by atoms with Gasteiger partial charge in [0.1, 0.15) is 11.7 Å². The topological polar surface area (TPSA) is 76.0 Å². The number of nitrogens with zero attached hydrogens (tertiary/aromatic N) is 2. The minimum absolute atomic E-state index is 0.279. The fourth-order valence-electron chi connectivity index (χ4n) is 3.77. The number of hydrogen-bond donors (Lipinski definition) is 2. The lowest BCUT2D eigenvalue weighted by atomic mass is 10.0. The lowest BCUT2D eigenvalue weighted by Gasteiger charge is -2.18. The van der Waals surface area contributed by atoms with Crippen molar-refractivity contribution in [3.8, 4) is 11.3 Å². The molecule has 8 heteroatoms. The van der Waals surface area contributed by atoms with E-state index in [4.69, 9.17) is 16.7 Å². The molecule has 0 aliphatic carbocycles. The molecule has 2 amide bonds. The average molecular weight is 552 g/mol. The number of halogens is 2. The maximum atomic E-state index is 13.5. The lowest BCUT2D eigenvalue weighted by Crippen LogP contribution is -2.47. The van der Waals surface area contributed by atoms with Crippen LogP contribution >= 0.6 is 27.5 Å². The van der Waals surface area contributed by atoms with Gasteiger partial charge >= 0.3 is 0 Å². The van der Waals surface area contributed by atoms with Crippen LogP contribution in [0, 0.1) is 0 Å². The molecule has 0 spiro atoms. The molecule has 4 rings (SSSR count). The third-order valence-corrected chi connectivity index (χ3v) is 6.42. The van der Waals surface area contributed by atoms with Crippen molar-refractivity contribution in [2.45, 2.75) is 19.0 Å². The Balaban J connectivity index is 1.66. The van der Waals surface area contributed by atoms with E-state index >= 15 is 0 Å². The van der Waals surface area contributed by atoms with Crippen molar-refractivity contribution in [1.82, 2.24) is 20.4 Å². The van der Waals surface area contributed by atoms with E-state index in [1.165, 1.54) is 0 Å². The molecule has 1 unspecified atom stereocenters. The Morgan fingerprint density at radius 1 is 1.00 bits per heavy atom. The Morgan fingerprint density at radius 3 is 2.46 bits per heavy atom. The largest absolute Gasteiger partial charge is 0.357 e. The normalized spacial score (nSPS) is 11.6. The van der Waals surface area contributed by atoms with Crippen molar-refractivity contribution in [2.75, 3.05) is 7.05 Å². The van der Waals surface area contributed by atoms with Crippen LogP contribution in [0.5, 0.6) is 0 Å². The minimum atomic E-state index is -0.759. The van der Waals surface area contributed by atoms with Gasteiger partial charge in [-0.3, -0.25) is 14.3 Å². The van der Waals surface area contributed by atoms with Crippen LogP contribution in [-0.2, 0) is 17.8 Å². The van der Waals surface area contributed by atoms with Crippen molar-refractivity contribution >= 4 is 39.3 Å². The Kier molecular flexibility index (Phi) is 8.00. The van der Waals surface area contributed by atoms with Gasteiger partial charge in [-0.2, -0.15) is 5.10 Å². The Morgan fingerprint density at radius 2 is 1.74 bits per heavy atom. The fraction of sp³-hybridized carbons (Fsp3) is 0.148. The number of aromatic nitrogens is 2. The van der Waals surface area contributed by atoms with E-state index in [0.717, 1.165) is 21.2 Å². The van der Waals surface area contributed by atoms with Crippen LogP contribution < -0.4 is 10.6 Å². The predicted molar refractivity (Wildman–Crippen MR) is 141 cm³/mol. The first-order chi connectivity index (χ1) is 16.9. The predicted octanol–water partition coefficient (Wildman–Crippen LogP) is 5.10. The van der Waals surface area contributed by atoms with Gasteiger partial charge in [-0.15, -0.1) is 0 Å². The summed E-state index contributed by atoms with van der Waals surface area (Å²) in [6.07, 6.45) is 0.342. The van der Waals surface area contributed by atoms with E-state index in [-0.39, 0.29) is 5.91 Å². The molecule has 0 bridgehead atoms. The number of hydrogen-bond acceptors (Lipinski definition) is 3. The highest BCUT2D eigenvalue weighted by Crippen LogP contribution is 2.22. The molecule has 0 aliphatic heterocycles. The molecule has 0 saturated carbocycles. The zero-order chi connectivity index (χ0) is 24.8. The van der Waals surface area contributed by atoms with Gasteiger partial charge in [-0.1, -0.05) is 88.2 Å². The number of amides is 2. The van der Waals surface area contributed by atoms with Gasteiger partial charge in [0.2, 0.25) is 5.91 Å². The number of benzene rings is 3. The molecule has 0 radical (unpaired) electrons. The van der Waals surface area contributed by atoms with E-state index in [1.54, 1.807) is 23.9 Å². The van der Waals surface area contributed by atoms with Crippen molar-refractivity contribution < 1.29 is 9.59 Å². The molecule has 2 N–H and O–H groups in total. The monoisotopic (exact) mass is 550 g/mol. The molecule has 1 atom stereocenters. The summed E-state index contributed by atoms with van der Waals surface area (Å²) in [7, 11) is 1.55. The second-order valence-corrected chi connectivity index (χ2v) is 9.33. The molecule has 3 aromatic carbocycles. The smallest absolute Gasteiger partial charge is 0.270 e. The summed E-state index contributed by atoms with van der Waals surface area (Å²) in [5.74, 6) is -0.672. The van der Waals surface area contributed by atoms with Crippen LogP contribution in [-0.4, -0.2) is 34.7 Å². The maximum Gasteiger partial charge on any atom is 0.270 e. The molecule has 0 saturated heterocycles. The first-order valence-electron chi connectivity index (χ1n) is 11.1. The Labute approximate surface area is 217 Å². The van der Waals surface area contributed by atoms with Crippen LogP contribution in [0.25, 0.3) is 11.3 Å². The lowest BCUT2D eigenvalue weighted by molar-refractivity contribution is -0.122. The molecule has 4 aromatic rings. The summed E-state index contributed by atoms with van der Waals surface area (Å²) in [5, 5.41) is 10.8. The Bertz CT molecular complexity index is 1340. The number of nitrogens with one attached hydrogen (secondary N) is 2. The Hall–Kier alpha value is -3.42. The molecule has 35 heavy (non-hydrogen) atoms. The summed E-state index contributed by atoms with van der Waals surface area (Å²) in [4.78, 5) is 26.1. The highest BCUT2D eigenvalue weighted by Gasteiger charge is 2.24. The first kappa shape index (κ1) is 24.7. The molecule has 178 valence electrons. The van der Waals surface area contributed by atoms with Gasteiger partial charge in [0.25, 0.3) is 5.91 Å². The summed E-state index contributed by atoms with van der Waals surface area (Å²) in [5.41, 5.74) is 3.64. The fourth-order valence-corrected chi connectivity index (χ4v) is 4.42. The van der Waals surface area contributed by atoms with E-state index < -0.39 is 11.9 Å². The number of rotatable bonds is 8. The van der Waals surface area contributed by atoms with Crippen molar-refractivity contribution in [3.63, 3.8) is 0 Å². The summed E-state index contributed by atoms with van der Waals surface area (Å²) >= 11 is 9.83. The van der Waals surface area contributed by atoms with Crippen molar-refractivity contribution in [3.05, 3.63) is 111 Å². The molecule has 6 nitrogen and oxygen atoms in total. The van der Waals surface area contributed by atoms with E-state index in [2.05, 4.69) is 26.6 Å². The van der Waals surface area contributed by atoms with Crippen LogP contribution in [0.3, 0.4) is 0 Å². The highest BCUT2D eigenvalue weighted by molar-refractivity contribution is 9.10. The summed E-state index contributed by atoms with van der Waals surface area (Å²) in [6.45, 7) is 0.311. The maximum absolute atomic E-state index is 13.5. The molecule has 1 aromatic heterocycles. The van der Waals surface area contributed by atoms with Crippen molar-refractivity contribution in [2.24, 2.45) is 0 Å². The third kappa shape index (κ3) is 6.18. The summed E-state index contributed by atoms with van der Waals surface area (Å²) in [6, 6.07) is 25.7. The molecule has 0 aliphatic rings. The van der Waals surface area contributed by atoms with Gasteiger partial charge in [0, 0.05) is 28.5 Å².